The molecule has 0 aliphatic carbocycles. The Morgan fingerprint density at radius 3 is 2.21 bits per heavy atom. The van der Waals surface area contributed by atoms with Crippen molar-refractivity contribution in [2.75, 3.05) is 27.9 Å². The lowest BCUT2D eigenvalue weighted by atomic mass is 9.99. The molecule has 0 bridgehead atoms. The predicted octanol–water partition coefficient (Wildman–Crippen LogP) is 0.151. The maximum absolute atomic E-state index is 13.6. The zero-order valence-corrected chi connectivity index (χ0v) is 18.0. The number of hydrogen-bond acceptors (Lipinski definition) is 11. The van der Waals surface area contributed by atoms with E-state index >= 15 is 0 Å². The number of methoxy groups -OCH3 is 3. The molecule has 0 radical (unpaired) electrons. The highest BCUT2D eigenvalue weighted by molar-refractivity contribution is 5.98. The molecule has 2 aromatic carbocycles. The Bertz CT molecular complexity index is 1220. The lowest BCUT2D eigenvalue weighted by molar-refractivity contribution is -0.277. The number of fused-ring (bicyclic) bond motifs is 2. The number of hydrogen-bond donors (Lipinski definition) is 4. The van der Waals surface area contributed by atoms with Gasteiger partial charge in [0.05, 0.1) is 27.9 Å². The summed E-state index contributed by atoms with van der Waals surface area (Å²) in [5, 5.41) is 40.0. The first-order valence-corrected chi connectivity index (χ1v) is 10.0. The lowest BCUT2D eigenvalue weighted by Gasteiger charge is -2.39. The average molecular weight is 464 g/mol. The van der Waals surface area contributed by atoms with Gasteiger partial charge in [-0.05, 0) is 12.1 Å². The van der Waals surface area contributed by atoms with Crippen LogP contribution in [-0.2, 0) is 4.74 Å². The summed E-state index contributed by atoms with van der Waals surface area (Å²) in [4.78, 5) is 13.6. The summed E-state index contributed by atoms with van der Waals surface area (Å²) in [6.45, 7) is -0.632. The second-order valence-corrected chi connectivity index (χ2v) is 7.42. The predicted molar refractivity (Wildman–Crippen MR) is 114 cm³/mol. The van der Waals surface area contributed by atoms with Gasteiger partial charge in [0.1, 0.15) is 58.0 Å². The molecule has 2 heterocycles. The molecular weight excluding hydrogens is 440 g/mol. The van der Waals surface area contributed by atoms with Crippen LogP contribution in [0.2, 0.25) is 0 Å². The van der Waals surface area contributed by atoms with Crippen LogP contribution >= 0.6 is 0 Å². The number of benzene rings is 2. The van der Waals surface area contributed by atoms with Crippen molar-refractivity contribution in [2.45, 2.75) is 30.7 Å². The molecule has 11 nitrogen and oxygen atoms in total. The van der Waals surface area contributed by atoms with Gasteiger partial charge in [-0.25, -0.2) is 0 Å². The van der Waals surface area contributed by atoms with Gasteiger partial charge in [-0.1, -0.05) is 0 Å². The van der Waals surface area contributed by atoms with Crippen LogP contribution in [0.5, 0.6) is 23.0 Å². The molecule has 1 aromatic heterocycles. The van der Waals surface area contributed by atoms with Crippen molar-refractivity contribution >= 4 is 21.9 Å². The number of rotatable bonds is 6. The first-order valence-electron chi connectivity index (χ1n) is 10.0. The van der Waals surface area contributed by atoms with Gasteiger partial charge in [0.15, 0.2) is 11.3 Å². The smallest absolute Gasteiger partial charge is 0.229 e. The van der Waals surface area contributed by atoms with Crippen molar-refractivity contribution in [3.8, 4) is 23.0 Å². The van der Waals surface area contributed by atoms with Crippen LogP contribution in [0.25, 0.3) is 21.9 Å². The van der Waals surface area contributed by atoms with E-state index in [1.165, 1.54) is 33.5 Å². The Kier molecular flexibility index (Phi) is 6.32. The van der Waals surface area contributed by atoms with Gasteiger partial charge in [-0.3, -0.25) is 4.79 Å². The molecular formula is C22H24O11. The van der Waals surface area contributed by atoms with E-state index < -0.39 is 42.7 Å². The summed E-state index contributed by atoms with van der Waals surface area (Å²) in [5.41, 5.74) is -0.261. The molecule has 178 valence electrons. The van der Waals surface area contributed by atoms with E-state index in [9.17, 15) is 25.2 Å². The third-order valence-corrected chi connectivity index (χ3v) is 5.56. The van der Waals surface area contributed by atoms with Crippen LogP contribution in [0.4, 0.5) is 0 Å². The van der Waals surface area contributed by atoms with Gasteiger partial charge < -0.3 is 48.5 Å². The third-order valence-electron chi connectivity index (χ3n) is 5.56. The van der Waals surface area contributed by atoms with E-state index in [2.05, 4.69) is 0 Å². The van der Waals surface area contributed by atoms with Crippen molar-refractivity contribution in [2.24, 2.45) is 0 Å². The van der Waals surface area contributed by atoms with E-state index in [4.69, 9.17) is 28.1 Å². The Balaban J connectivity index is 1.93. The molecule has 0 spiro atoms. The minimum Gasteiger partial charge on any atom is -0.496 e. The highest BCUT2D eigenvalue weighted by atomic mass is 16.7. The molecule has 0 unspecified atom stereocenters. The first-order chi connectivity index (χ1) is 15.8. The van der Waals surface area contributed by atoms with Gasteiger partial charge >= 0.3 is 0 Å². The van der Waals surface area contributed by atoms with Crippen molar-refractivity contribution in [3.63, 3.8) is 0 Å². The SMILES string of the molecule is COc1cc(O[C@@H]2O[C@H](CO)[C@@H](O)[C@H](O)[C@H]2O)c2c(=O)c3c(OC)ccc(OC)c3oc2c1. The normalized spacial score (nSPS) is 25.2. The Labute approximate surface area is 187 Å². The summed E-state index contributed by atoms with van der Waals surface area (Å²) >= 11 is 0. The maximum Gasteiger partial charge on any atom is 0.229 e. The maximum atomic E-state index is 13.6. The summed E-state index contributed by atoms with van der Waals surface area (Å²) in [6, 6.07) is 6.03. The molecule has 1 fully saturated rings. The summed E-state index contributed by atoms with van der Waals surface area (Å²) in [6.07, 6.45) is -7.59. The second-order valence-electron chi connectivity index (χ2n) is 7.42. The van der Waals surface area contributed by atoms with Gasteiger partial charge in [0.2, 0.25) is 11.7 Å². The number of aliphatic hydroxyl groups is 4. The Hall–Kier alpha value is -3.09. The van der Waals surface area contributed by atoms with Crippen LogP contribution in [0.3, 0.4) is 0 Å². The summed E-state index contributed by atoms with van der Waals surface area (Å²) < 4.78 is 33.1. The molecule has 1 aliphatic rings. The third kappa shape index (κ3) is 3.83. The highest BCUT2D eigenvalue weighted by Crippen LogP contribution is 2.38. The molecule has 5 atom stereocenters. The molecule has 0 amide bonds. The van der Waals surface area contributed by atoms with Gasteiger partial charge in [-0.15, -0.1) is 0 Å². The van der Waals surface area contributed by atoms with Gasteiger partial charge in [0, 0.05) is 12.1 Å². The van der Waals surface area contributed by atoms with Crippen LogP contribution in [0, 0.1) is 0 Å². The summed E-state index contributed by atoms with van der Waals surface area (Å²) in [5.74, 6) is 0.751. The van der Waals surface area contributed by atoms with Crippen LogP contribution in [-0.4, -0.2) is 79.1 Å². The fourth-order valence-corrected chi connectivity index (χ4v) is 3.80. The molecule has 0 saturated carbocycles. The van der Waals surface area contributed by atoms with E-state index in [0.29, 0.717) is 5.75 Å². The van der Waals surface area contributed by atoms with Gasteiger partial charge in [-0.2, -0.15) is 0 Å². The largest absolute Gasteiger partial charge is 0.496 e. The molecule has 33 heavy (non-hydrogen) atoms. The second kappa shape index (κ2) is 9.04. The fourth-order valence-electron chi connectivity index (χ4n) is 3.80. The average Bonchev–Trinajstić information content (AvgIpc) is 2.83. The standard InChI is InChI=1S/C22H24O11/c1-28-9-6-12-15(18(25)16-10(29-2)4-5-11(30-3)21(16)31-12)13(7-9)32-22-20(27)19(26)17(24)14(8-23)33-22/h4-7,14,17,19-20,22-24,26-27H,8H2,1-3H3/t14-,17-,19+,20-,22-/m1/s1. The monoisotopic (exact) mass is 464 g/mol. The zero-order chi connectivity index (χ0) is 23.9. The summed E-state index contributed by atoms with van der Waals surface area (Å²) in [7, 11) is 4.25. The molecule has 4 rings (SSSR count). The molecule has 4 N–H and O–H groups in total. The van der Waals surface area contributed by atoms with Crippen molar-refractivity contribution in [3.05, 3.63) is 34.5 Å². The molecule has 3 aromatic rings. The fraction of sp³-hybridized carbons (Fsp3) is 0.409. The van der Waals surface area contributed by atoms with E-state index in [0.717, 1.165) is 0 Å². The molecule has 11 heteroatoms. The van der Waals surface area contributed by atoms with Crippen LogP contribution in [0.15, 0.2) is 33.5 Å². The Morgan fingerprint density at radius 1 is 0.879 bits per heavy atom. The molecule has 1 aliphatic heterocycles. The number of ether oxygens (including phenoxy) is 5. The van der Waals surface area contributed by atoms with Crippen molar-refractivity contribution < 1.29 is 48.5 Å². The van der Waals surface area contributed by atoms with Crippen molar-refractivity contribution in [1.82, 2.24) is 0 Å². The van der Waals surface area contributed by atoms with E-state index in [1.807, 2.05) is 0 Å². The van der Waals surface area contributed by atoms with E-state index in [-0.39, 0.29) is 39.2 Å². The van der Waals surface area contributed by atoms with Crippen LogP contribution in [0.1, 0.15) is 0 Å². The number of aliphatic hydroxyl groups excluding tert-OH is 4. The first kappa shape index (κ1) is 23.1. The van der Waals surface area contributed by atoms with Crippen molar-refractivity contribution in [1.29, 1.82) is 0 Å². The zero-order valence-electron chi connectivity index (χ0n) is 18.0. The Morgan fingerprint density at radius 2 is 1.58 bits per heavy atom. The minimum atomic E-state index is -1.67. The lowest BCUT2D eigenvalue weighted by Crippen LogP contribution is -2.60. The minimum absolute atomic E-state index is 0.00758. The highest BCUT2D eigenvalue weighted by Gasteiger charge is 2.45. The van der Waals surface area contributed by atoms with E-state index in [1.54, 1.807) is 12.1 Å². The topological polar surface area (TPSA) is 157 Å². The quantitative estimate of drug-likeness (QED) is 0.368. The molecule has 1 saturated heterocycles. The van der Waals surface area contributed by atoms with Crippen LogP contribution < -0.4 is 24.4 Å². The van der Waals surface area contributed by atoms with Gasteiger partial charge in [0.25, 0.3) is 0 Å².